The van der Waals surface area contributed by atoms with Crippen LogP contribution in [0, 0.1) is 0 Å². The number of aromatic nitrogens is 1. The summed E-state index contributed by atoms with van der Waals surface area (Å²) >= 11 is 1.60. The minimum atomic E-state index is -0.216. The quantitative estimate of drug-likeness (QED) is 0.797. The monoisotopic (exact) mass is 306 g/mol. The van der Waals surface area contributed by atoms with Gasteiger partial charge >= 0.3 is 5.97 Å². The number of ether oxygens (including phenoxy) is 2. The lowest BCUT2D eigenvalue weighted by molar-refractivity contribution is -0.139. The lowest BCUT2D eigenvalue weighted by Crippen LogP contribution is -2.02. The fourth-order valence-corrected chi connectivity index (χ4v) is 2.68. The van der Waals surface area contributed by atoms with E-state index in [1.807, 2.05) is 31.2 Å². The average molecular weight is 306 g/mol. The molecule has 0 spiro atoms. The fraction of sp³-hybridized carbons (Fsp3) is 0.333. The van der Waals surface area contributed by atoms with Gasteiger partial charge in [0.1, 0.15) is 0 Å². The van der Waals surface area contributed by atoms with Gasteiger partial charge < -0.3 is 14.8 Å². The summed E-state index contributed by atoms with van der Waals surface area (Å²) in [6.45, 7) is 3.23. The Morgan fingerprint density at radius 2 is 2.10 bits per heavy atom. The molecular weight excluding hydrogens is 288 g/mol. The first kappa shape index (κ1) is 15.3. The highest BCUT2D eigenvalue weighted by atomic mass is 32.1. The van der Waals surface area contributed by atoms with Gasteiger partial charge in [0.2, 0.25) is 5.88 Å². The van der Waals surface area contributed by atoms with E-state index in [1.165, 1.54) is 7.11 Å². The lowest BCUT2D eigenvalue weighted by atomic mass is 10.3. The van der Waals surface area contributed by atoms with E-state index in [2.05, 4.69) is 15.0 Å². The van der Waals surface area contributed by atoms with Crippen LogP contribution in [-0.2, 0) is 22.5 Å². The number of esters is 1. The molecule has 2 aromatic heterocycles. The van der Waals surface area contributed by atoms with Gasteiger partial charge in [-0.25, -0.2) is 4.98 Å². The molecule has 5 nitrogen and oxygen atoms in total. The van der Waals surface area contributed by atoms with Crippen LogP contribution in [-0.4, -0.2) is 24.7 Å². The maximum absolute atomic E-state index is 11.2. The second-order valence-electron chi connectivity index (χ2n) is 4.29. The zero-order valence-corrected chi connectivity index (χ0v) is 12.9. The average Bonchev–Trinajstić information content (AvgIpc) is 2.94. The summed E-state index contributed by atoms with van der Waals surface area (Å²) in [6, 6.07) is 7.73. The molecular formula is C15H18N2O3S. The lowest BCUT2D eigenvalue weighted by Gasteiger charge is -2.06. The first-order valence-corrected chi connectivity index (χ1v) is 7.50. The van der Waals surface area contributed by atoms with Crippen molar-refractivity contribution in [1.82, 2.24) is 4.98 Å². The van der Waals surface area contributed by atoms with Gasteiger partial charge in [0.25, 0.3) is 0 Å². The van der Waals surface area contributed by atoms with Crippen molar-refractivity contribution in [2.75, 3.05) is 19.0 Å². The van der Waals surface area contributed by atoms with E-state index < -0.39 is 0 Å². The topological polar surface area (TPSA) is 60.5 Å². The summed E-state index contributed by atoms with van der Waals surface area (Å²) in [5.74, 6) is 0.409. The Hall–Kier alpha value is -2.08. The Morgan fingerprint density at radius 1 is 1.29 bits per heavy atom. The Kier molecular flexibility index (Phi) is 5.57. The summed E-state index contributed by atoms with van der Waals surface area (Å²) in [4.78, 5) is 17.6. The Bertz CT molecular complexity index is 581. The van der Waals surface area contributed by atoms with Gasteiger partial charge in [-0.15, -0.1) is 11.3 Å². The normalized spacial score (nSPS) is 10.2. The number of methoxy groups -OCH3 is 1. The van der Waals surface area contributed by atoms with Crippen molar-refractivity contribution in [2.45, 2.75) is 19.9 Å². The molecule has 0 unspecified atom stereocenters. The van der Waals surface area contributed by atoms with Gasteiger partial charge in [-0.1, -0.05) is 0 Å². The maximum Gasteiger partial charge on any atom is 0.310 e. The zero-order chi connectivity index (χ0) is 15.1. The first-order valence-electron chi connectivity index (χ1n) is 6.68. The molecule has 0 saturated carbocycles. The highest BCUT2D eigenvalue weighted by molar-refractivity contribution is 7.12. The van der Waals surface area contributed by atoms with Crippen molar-refractivity contribution in [3.63, 3.8) is 0 Å². The summed E-state index contributed by atoms with van der Waals surface area (Å²) in [5.41, 5.74) is 0.932. The highest BCUT2D eigenvalue weighted by Crippen LogP contribution is 2.19. The number of hydrogen-bond acceptors (Lipinski definition) is 6. The van der Waals surface area contributed by atoms with Crippen LogP contribution in [0.2, 0.25) is 0 Å². The molecule has 21 heavy (non-hydrogen) atoms. The number of nitrogens with one attached hydrogen (secondary N) is 1. The predicted molar refractivity (Wildman–Crippen MR) is 82.8 cm³/mol. The van der Waals surface area contributed by atoms with Crippen LogP contribution in [0.3, 0.4) is 0 Å². The van der Waals surface area contributed by atoms with E-state index in [0.29, 0.717) is 25.5 Å². The molecule has 0 fully saturated rings. The first-order chi connectivity index (χ1) is 10.2. The molecule has 0 aromatic carbocycles. The van der Waals surface area contributed by atoms with Gasteiger partial charge in [-0.05, 0) is 25.1 Å². The van der Waals surface area contributed by atoms with E-state index >= 15 is 0 Å². The third kappa shape index (κ3) is 4.75. The van der Waals surface area contributed by atoms with Crippen molar-refractivity contribution < 1.29 is 14.3 Å². The van der Waals surface area contributed by atoms with Gasteiger partial charge in [-0.2, -0.15) is 0 Å². The molecule has 112 valence electrons. The SMILES string of the molecule is CCOc1ccc(NCc2ccc(CC(=O)OC)s2)cn1. The molecule has 1 N–H and O–H groups in total. The number of carbonyl (C=O) groups excluding carboxylic acids is 1. The van der Waals surface area contributed by atoms with Crippen molar-refractivity contribution >= 4 is 23.0 Å². The van der Waals surface area contributed by atoms with Crippen LogP contribution in [0.15, 0.2) is 30.5 Å². The van der Waals surface area contributed by atoms with Gasteiger partial charge in [0.05, 0.1) is 32.0 Å². The van der Waals surface area contributed by atoms with Gasteiger partial charge in [0.15, 0.2) is 0 Å². The minimum absolute atomic E-state index is 0.216. The van der Waals surface area contributed by atoms with E-state index in [4.69, 9.17) is 4.74 Å². The smallest absolute Gasteiger partial charge is 0.310 e. The van der Waals surface area contributed by atoms with Gasteiger partial charge in [-0.3, -0.25) is 4.79 Å². The van der Waals surface area contributed by atoms with E-state index in [1.54, 1.807) is 17.5 Å². The second-order valence-corrected chi connectivity index (χ2v) is 5.55. The molecule has 0 atom stereocenters. The number of hydrogen-bond donors (Lipinski definition) is 1. The third-order valence-electron chi connectivity index (χ3n) is 2.76. The van der Waals surface area contributed by atoms with Crippen LogP contribution >= 0.6 is 11.3 Å². The standard InChI is InChI=1S/C15H18N2O3S/c1-3-20-14-7-4-11(9-17-14)16-10-13-6-5-12(21-13)8-15(18)19-2/h4-7,9,16H,3,8,10H2,1-2H3. The van der Waals surface area contributed by atoms with E-state index in [9.17, 15) is 4.79 Å². The number of anilines is 1. The molecule has 0 bridgehead atoms. The minimum Gasteiger partial charge on any atom is -0.478 e. The summed E-state index contributed by atoms with van der Waals surface area (Å²) in [7, 11) is 1.40. The molecule has 6 heteroatoms. The molecule has 0 aliphatic rings. The molecule has 0 radical (unpaired) electrons. The Labute approximate surface area is 127 Å². The predicted octanol–water partition coefficient (Wildman–Crippen LogP) is 2.87. The van der Waals surface area contributed by atoms with E-state index in [-0.39, 0.29) is 5.97 Å². The van der Waals surface area contributed by atoms with E-state index in [0.717, 1.165) is 15.4 Å². The maximum atomic E-state index is 11.2. The van der Waals surface area contributed by atoms with Crippen molar-refractivity contribution in [3.05, 3.63) is 40.2 Å². The van der Waals surface area contributed by atoms with Crippen molar-refractivity contribution in [3.8, 4) is 5.88 Å². The van der Waals surface area contributed by atoms with Gasteiger partial charge in [0, 0.05) is 22.4 Å². The molecule has 2 heterocycles. The third-order valence-corrected chi connectivity index (χ3v) is 3.84. The summed E-state index contributed by atoms with van der Waals surface area (Å²) < 4.78 is 9.95. The van der Waals surface area contributed by atoms with Crippen LogP contribution in [0.4, 0.5) is 5.69 Å². The number of carbonyl (C=O) groups is 1. The molecule has 2 rings (SSSR count). The second kappa shape index (κ2) is 7.64. The molecule has 2 aromatic rings. The Balaban J connectivity index is 1.86. The highest BCUT2D eigenvalue weighted by Gasteiger charge is 2.06. The fourth-order valence-electron chi connectivity index (χ4n) is 1.73. The molecule has 0 aliphatic carbocycles. The number of thiophene rings is 1. The van der Waals surface area contributed by atoms with Crippen molar-refractivity contribution in [2.24, 2.45) is 0 Å². The number of pyridine rings is 1. The number of nitrogens with zero attached hydrogens (tertiary/aromatic N) is 1. The molecule has 0 saturated heterocycles. The number of rotatable bonds is 7. The molecule has 0 amide bonds. The molecule has 0 aliphatic heterocycles. The Morgan fingerprint density at radius 3 is 2.76 bits per heavy atom. The summed E-state index contributed by atoms with van der Waals surface area (Å²) in [5, 5.41) is 3.29. The largest absolute Gasteiger partial charge is 0.478 e. The van der Waals surface area contributed by atoms with Crippen molar-refractivity contribution in [1.29, 1.82) is 0 Å². The summed E-state index contributed by atoms with van der Waals surface area (Å²) in [6.07, 6.45) is 2.07. The van der Waals surface area contributed by atoms with Crippen LogP contribution < -0.4 is 10.1 Å². The van der Waals surface area contributed by atoms with Crippen LogP contribution in [0.5, 0.6) is 5.88 Å². The zero-order valence-electron chi connectivity index (χ0n) is 12.1. The van der Waals surface area contributed by atoms with Crippen LogP contribution in [0.1, 0.15) is 16.7 Å². The van der Waals surface area contributed by atoms with Crippen LogP contribution in [0.25, 0.3) is 0 Å².